The number of benzene rings is 1. The molecule has 8 nitrogen and oxygen atoms in total. The lowest BCUT2D eigenvalue weighted by atomic mass is 10.0. The number of rotatable bonds is 5. The van der Waals surface area contributed by atoms with E-state index in [0.29, 0.717) is 5.56 Å². The molecule has 3 aromatic rings. The number of nitrogens with zero attached hydrogens (tertiary/aromatic N) is 2. The summed E-state index contributed by atoms with van der Waals surface area (Å²) >= 11 is 5.87. The first-order valence-corrected chi connectivity index (χ1v) is 11.3. The summed E-state index contributed by atoms with van der Waals surface area (Å²) in [7, 11) is -4.99. The summed E-state index contributed by atoms with van der Waals surface area (Å²) in [5.41, 5.74) is -6.81. The number of hydrogen-bond donors (Lipinski definition) is 0. The molecule has 35 heavy (non-hydrogen) atoms. The molecule has 186 valence electrons. The topological polar surface area (TPSA) is 105 Å². The maximum Gasteiger partial charge on any atom is 0.534 e. The van der Waals surface area contributed by atoms with Gasteiger partial charge in [-0.25, -0.2) is 9.18 Å². The quantitative estimate of drug-likeness (QED) is 0.208. The third-order valence-electron chi connectivity index (χ3n) is 4.78. The maximum absolute atomic E-state index is 15.0. The number of pyridine rings is 2. The number of carbonyl (C=O) groups excluding carboxylic acids is 1. The average Bonchev–Trinajstić information content (AvgIpc) is 2.77. The van der Waals surface area contributed by atoms with E-state index in [0.717, 1.165) is 17.7 Å². The van der Waals surface area contributed by atoms with E-state index < -0.39 is 43.7 Å². The zero-order chi connectivity index (χ0) is 26.3. The maximum atomic E-state index is 15.0. The lowest BCUT2D eigenvalue weighted by molar-refractivity contribution is -0.0500. The van der Waals surface area contributed by atoms with E-state index in [9.17, 15) is 35.6 Å². The number of carbonyl (C=O) groups is 1. The normalized spacial score (nSPS) is 11.9. The van der Waals surface area contributed by atoms with E-state index in [1.807, 2.05) is 0 Å². The first-order chi connectivity index (χ1) is 16.2. The summed E-state index contributed by atoms with van der Waals surface area (Å²) in [4.78, 5) is 28.9. The molecule has 3 rings (SSSR count). The Morgan fingerprint density at radius 2 is 1.83 bits per heavy atom. The molecule has 0 saturated heterocycles. The minimum Gasteiger partial charge on any atom is -0.465 e. The molecule has 0 aliphatic heterocycles. The molecule has 0 bridgehead atoms. The Hall–Kier alpha value is -3.45. The Morgan fingerprint density at radius 1 is 1.17 bits per heavy atom. The van der Waals surface area contributed by atoms with Crippen LogP contribution in [0.15, 0.2) is 41.3 Å². The van der Waals surface area contributed by atoms with Gasteiger partial charge in [0.15, 0.2) is 5.75 Å². The molecule has 0 fully saturated rings. The predicted octanol–water partition coefficient (Wildman–Crippen LogP) is 4.32. The highest BCUT2D eigenvalue weighted by molar-refractivity contribution is 7.88. The van der Waals surface area contributed by atoms with Crippen molar-refractivity contribution in [2.75, 3.05) is 7.11 Å². The van der Waals surface area contributed by atoms with E-state index in [-0.39, 0.29) is 28.2 Å². The Bertz CT molecular complexity index is 1500. The van der Waals surface area contributed by atoms with E-state index >= 15 is 0 Å². The second-order valence-electron chi connectivity index (χ2n) is 7.10. The van der Waals surface area contributed by atoms with Gasteiger partial charge in [-0.2, -0.15) is 21.6 Å². The number of esters is 1. The predicted molar refractivity (Wildman–Crippen MR) is 117 cm³/mol. The minimum atomic E-state index is -6.08. The summed E-state index contributed by atoms with van der Waals surface area (Å²) in [6.07, 6.45) is 1.30. The number of aryl methyl sites for hydroxylation is 2. The smallest absolute Gasteiger partial charge is 0.465 e. The van der Waals surface area contributed by atoms with E-state index in [1.54, 1.807) is 6.92 Å². The fourth-order valence-electron chi connectivity index (χ4n) is 3.11. The van der Waals surface area contributed by atoms with Crippen LogP contribution in [0.2, 0.25) is 5.02 Å². The third-order valence-corrected chi connectivity index (χ3v) is 6.09. The van der Waals surface area contributed by atoms with Crippen molar-refractivity contribution in [1.29, 1.82) is 0 Å². The SMILES string of the molecule is COC(=O)c1cccc(-c2cc(-n3c(C)cc(OS(=O)(=O)C(F)(F)F)c(Cl)c3=O)c(C)cn2)c1F. The van der Waals surface area contributed by atoms with Crippen molar-refractivity contribution in [3.05, 3.63) is 74.5 Å². The first kappa shape index (κ1) is 26.2. The van der Waals surface area contributed by atoms with Gasteiger partial charge in [-0.05, 0) is 37.6 Å². The second-order valence-corrected chi connectivity index (χ2v) is 9.02. The Labute approximate surface area is 200 Å². The average molecular weight is 535 g/mol. The van der Waals surface area contributed by atoms with Gasteiger partial charge < -0.3 is 8.92 Å². The fraction of sp³-hybridized carbons (Fsp3) is 0.190. The molecule has 0 aliphatic carbocycles. The van der Waals surface area contributed by atoms with Crippen LogP contribution in [0.4, 0.5) is 17.6 Å². The molecule has 0 radical (unpaired) electrons. The Balaban J connectivity index is 2.18. The van der Waals surface area contributed by atoms with Gasteiger partial charge in [-0.3, -0.25) is 14.3 Å². The lowest BCUT2D eigenvalue weighted by Gasteiger charge is -2.17. The number of alkyl halides is 3. The second kappa shape index (κ2) is 9.30. The highest BCUT2D eigenvalue weighted by atomic mass is 35.5. The number of ether oxygens (including phenoxy) is 1. The summed E-state index contributed by atoms with van der Waals surface area (Å²) in [5.74, 6) is -2.85. The summed E-state index contributed by atoms with van der Waals surface area (Å²) in [6.45, 7) is 2.84. The van der Waals surface area contributed by atoms with Gasteiger partial charge in [0.05, 0.1) is 24.1 Å². The monoisotopic (exact) mass is 534 g/mol. The molecule has 0 N–H and O–H groups in total. The summed E-state index contributed by atoms with van der Waals surface area (Å²) in [5, 5.41) is -0.931. The molecule has 0 amide bonds. The van der Waals surface area contributed by atoms with Gasteiger partial charge >= 0.3 is 21.6 Å². The highest BCUT2D eigenvalue weighted by Crippen LogP contribution is 2.32. The van der Waals surface area contributed by atoms with Crippen LogP contribution in [0.3, 0.4) is 0 Å². The van der Waals surface area contributed by atoms with Crippen molar-refractivity contribution in [3.63, 3.8) is 0 Å². The zero-order valence-electron chi connectivity index (χ0n) is 18.1. The van der Waals surface area contributed by atoms with Gasteiger partial charge in [0.1, 0.15) is 10.8 Å². The van der Waals surface area contributed by atoms with Crippen molar-refractivity contribution in [3.8, 4) is 22.7 Å². The van der Waals surface area contributed by atoms with Crippen LogP contribution in [-0.4, -0.2) is 36.6 Å². The number of halogens is 5. The van der Waals surface area contributed by atoms with E-state index in [4.69, 9.17) is 11.6 Å². The number of hydrogen-bond acceptors (Lipinski definition) is 7. The van der Waals surface area contributed by atoms with E-state index in [2.05, 4.69) is 13.9 Å². The third kappa shape index (κ3) is 4.86. The molecule has 1 aromatic carbocycles. The molecular weight excluding hydrogens is 520 g/mol. The molecule has 0 saturated carbocycles. The van der Waals surface area contributed by atoms with Gasteiger partial charge in [0, 0.05) is 23.5 Å². The van der Waals surface area contributed by atoms with Crippen molar-refractivity contribution in [2.24, 2.45) is 0 Å². The van der Waals surface area contributed by atoms with Crippen LogP contribution in [0, 0.1) is 19.7 Å². The molecule has 14 heteroatoms. The van der Waals surface area contributed by atoms with Crippen LogP contribution < -0.4 is 9.74 Å². The molecule has 2 aromatic heterocycles. The molecule has 0 atom stereocenters. The highest BCUT2D eigenvalue weighted by Gasteiger charge is 2.49. The molecule has 0 aliphatic rings. The Kier molecular flexibility index (Phi) is 6.95. The van der Waals surface area contributed by atoms with Crippen LogP contribution in [-0.2, 0) is 14.9 Å². The molecule has 2 heterocycles. The molecule has 0 unspecified atom stereocenters. The molecular formula is C21H15ClF4N2O6S. The van der Waals surface area contributed by atoms with Crippen molar-refractivity contribution < 1.29 is 39.7 Å². The van der Waals surface area contributed by atoms with Crippen molar-refractivity contribution in [1.82, 2.24) is 9.55 Å². The Morgan fingerprint density at radius 3 is 2.43 bits per heavy atom. The summed E-state index contributed by atoms with van der Waals surface area (Å²) in [6, 6.07) is 6.08. The van der Waals surface area contributed by atoms with Crippen molar-refractivity contribution >= 4 is 27.7 Å². The first-order valence-electron chi connectivity index (χ1n) is 9.46. The minimum absolute atomic E-state index is 0.0104. The largest absolute Gasteiger partial charge is 0.534 e. The summed E-state index contributed by atoms with van der Waals surface area (Å²) < 4.78 is 85.2. The van der Waals surface area contributed by atoms with Crippen LogP contribution >= 0.6 is 11.6 Å². The van der Waals surface area contributed by atoms with Gasteiger partial charge in [-0.15, -0.1) is 0 Å². The van der Waals surface area contributed by atoms with Crippen LogP contribution in [0.25, 0.3) is 16.9 Å². The van der Waals surface area contributed by atoms with Crippen LogP contribution in [0.5, 0.6) is 5.75 Å². The van der Waals surface area contributed by atoms with Gasteiger partial charge in [0.25, 0.3) is 5.56 Å². The van der Waals surface area contributed by atoms with Crippen molar-refractivity contribution in [2.45, 2.75) is 19.4 Å². The zero-order valence-corrected chi connectivity index (χ0v) is 19.7. The van der Waals surface area contributed by atoms with Gasteiger partial charge in [-0.1, -0.05) is 17.7 Å². The van der Waals surface area contributed by atoms with Gasteiger partial charge in [0.2, 0.25) is 0 Å². The lowest BCUT2D eigenvalue weighted by Crippen LogP contribution is -2.30. The van der Waals surface area contributed by atoms with E-state index in [1.165, 1.54) is 37.4 Å². The fourth-order valence-corrected chi connectivity index (χ4v) is 3.79. The number of methoxy groups -OCH3 is 1. The van der Waals surface area contributed by atoms with Crippen LogP contribution in [0.1, 0.15) is 21.6 Å². The number of aromatic nitrogens is 2. The molecule has 0 spiro atoms. The standard InChI is InChI=1S/C21H15ClF4N2O6S/c1-10-9-27-14(12-5-4-6-13(18(12)23)20(30)33-3)8-15(10)28-11(2)7-16(17(22)19(28)29)34-35(31,32)21(24,25)26/h4-9H,1-3H3.